The lowest BCUT2D eigenvalue weighted by atomic mass is 10.1. The van der Waals surface area contributed by atoms with Crippen molar-refractivity contribution in [1.29, 1.82) is 0 Å². The molecule has 0 atom stereocenters. The van der Waals surface area contributed by atoms with E-state index < -0.39 is 0 Å². The number of nitrogens with one attached hydrogen (secondary N) is 2. The predicted octanol–water partition coefficient (Wildman–Crippen LogP) is 2.16. The summed E-state index contributed by atoms with van der Waals surface area (Å²) < 4.78 is 0. The van der Waals surface area contributed by atoms with Gasteiger partial charge in [-0.25, -0.2) is 0 Å². The standard InChI is InChI=1S/C12H19N3.HI/c1-4-10-7-5-6-8-11(10)9-15-12(13-2)14-3;/h5-8H,4,9H2,1-3H3,(H2,13,14,15);1H. The van der Waals surface area contributed by atoms with Gasteiger partial charge in [0.05, 0.1) is 0 Å². The number of aliphatic imine (C=N–C) groups is 1. The first-order valence-corrected chi connectivity index (χ1v) is 5.27. The maximum Gasteiger partial charge on any atom is 0.190 e. The lowest BCUT2D eigenvalue weighted by Gasteiger charge is -2.11. The van der Waals surface area contributed by atoms with Gasteiger partial charge in [-0.15, -0.1) is 24.0 Å². The Hall–Kier alpha value is -0.780. The average Bonchev–Trinajstić information content (AvgIpc) is 2.31. The molecule has 1 rings (SSSR count). The fraction of sp³-hybridized carbons (Fsp3) is 0.417. The van der Waals surface area contributed by atoms with Crippen LogP contribution >= 0.6 is 24.0 Å². The van der Waals surface area contributed by atoms with E-state index in [4.69, 9.17) is 0 Å². The van der Waals surface area contributed by atoms with Crippen LogP contribution in [0, 0.1) is 0 Å². The number of aryl methyl sites for hydroxylation is 1. The van der Waals surface area contributed by atoms with Gasteiger partial charge in [-0.1, -0.05) is 31.2 Å². The fourth-order valence-electron chi connectivity index (χ4n) is 1.53. The molecule has 1 aromatic rings. The molecule has 0 saturated carbocycles. The Morgan fingerprint density at radius 1 is 1.25 bits per heavy atom. The summed E-state index contributed by atoms with van der Waals surface area (Å²) in [6.45, 7) is 2.99. The maximum absolute atomic E-state index is 4.07. The van der Waals surface area contributed by atoms with Crippen molar-refractivity contribution in [2.24, 2.45) is 4.99 Å². The lowest BCUT2D eigenvalue weighted by Crippen LogP contribution is -2.34. The molecule has 0 bridgehead atoms. The molecule has 0 fully saturated rings. The molecule has 0 aromatic heterocycles. The lowest BCUT2D eigenvalue weighted by molar-refractivity contribution is 0.852. The Bertz CT molecular complexity index is 337. The molecule has 0 aliphatic rings. The van der Waals surface area contributed by atoms with Crippen LogP contribution in [0.2, 0.25) is 0 Å². The number of nitrogens with zero attached hydrogens (tertiary/aromatic N) is 1. The number of hydrogen-bond donors (Lipinski definition) is 2. The molecular weight excluding hydrogens is 313 g/mol. The Morgan fingerprint density at radius 3 is 2.38 bits per heavy atom. The zero-order valence-corrected chi connectivity index (χ0v) is 12.4. The SMILES string of the molecule is CCc1ccccc1CNC(=NC)NC.I. The van der Waals surface area contributed by atoms with Gasteiger partial charge in [-0.05, 0) is 17.5 Å². The van der Waals surface area contributed by atoms with Crippen LogP contribution in [0.3, 0.4) is 0 Å². The summed E-state index contributed by atoms with van der Waals surface area (Å²) in [7, 11) is 3.63. The van der Waals surface area contributed by atoms with Crippen molar-refractivity contribution in [1.82, 2.24) is 10.6 Å². The molecule has 0 unspecified atom stereocenters. The summed E-state index contributed by atoms with van der Waals surface area (Å²) >= 11 is 0. The van der Waals surface area contributed by atoms with Crippen LogP contribution in [0.5, 0.6) is 0 Å². The highest BCUT2D eigenvalue weighted by Crippen LogP contribution is 2.08. The molecule has 0 spiro atoms. The minimum atomic E-state index is 0. The first-order valence-electron chi connectivity index (χ1n) is 5.27. The highest BCUT2D eigenvalue weighted by Gasteiger charge is 1.99. The third-order valence-corrected chi connectivity index (χ3v) is 2.41. The number of halogens is 1. The van der Waals surface area contributed by atoms with Crippen molar-refractivity contribution >= 4 is 29.9 Å². The summed E-state index contributed by atoms with van der Waals surface area (Å²) in [5, 5.41) is 6.25. The molecule has 0 aliphatic heterocycles. The van der Waals surface area contributed by atoms with Gasteiger partial charge in [0.1, 0.15) is 0 Å². The van der Waals surface area contributed by atoms with Gasteiger partial charge in [0, 0.05) is 20.6 Å². The van der Waals surface area contributed by atoms with E-state index in [1.807, 2.05) is 7.05 Å². The third-order valence-electron chi connectivity index (χ3n) is 2.41. The topological polar surface area (TPSA) is 36.4 Å². The van der Waals surface area contributed by atoms with Crippen LogP contribution in [-0.4, -0.2) is 20.1 Å². The van der Waals surface area contributed by atoms with Crippen molar-refractivity contribution < 1.29 is 0 Å². The summed E-state index contributed by atoms with van der Waals surface area (Å²) in [6, 6.07) is 8.46. The molecule has 0 radical (unpaired) electrons. The minimum Gasteiger partial charge on any atom is -0.359 e. The largest absolute Gasteiger partial charge is 0.359 e. The second-order valence-corrected chi connectivity index (χ2v) is 3.30. The Morgan fingerprint density at radius 2 is 1.88 bits per heavy atom. The highest BCUT2D eigenvalue weighted by atomic mass is 127. The van der Waals surface area contributed by atoms with E-state index in [1.54, 1.807) is 7.05 Å². The molecule has 0 aliphatic carbocycles. The molecule has 16 heavy (non-hydrogen) atoms. The first-order chi connectivity index (χ1) is 7.31. The molecule has 3 nitrogen and oxygen atoms in total. The van der Waals surface area contributed by atoms with Crippen LogP contribution in [0.4, 0.5) is 0 Å². The van der Waals surface area contributed by atoms with Crippen molar-refractivity contribution in [3.63, 3.8) is 0 Å². The molecule has 90 valence electrons. The number of rotatable bonds is 3. The van der Waals surface area contributed by atoms with Gasteiger partial charge in [-0.2, -0.15) is 0 Å². The second-order valence-electron chi connectivity index (χ2n) is 3.30. The van der Waals surface area contributed by atoms with Gasteiger partial charge in [0.25, 0.3) is 0 Å². The summed E-state index contributed by atoms with van der Waals surface area (Å²) in [6.07, 6.45) is 1.07. The van der Waals surface area contributed by atoms with Crippen molar-refractivity contribution in [2.75, 3.05) is 14.1 Å². The molecule has 2 N–H and O–H groups in total. The van der Waals surface area contributed by atoms with E-state index >= 15 is 0 Å². The van der Waals surface area contributed by atoms with Gasteiger partial charge in [0.2, 0.25) is 0 Å². The Balaban J connectivity index is 0.00000225. The van der Waals surface area contributed by atoms with Crippen LogP contribution in [0.25, 0.3) is 0 Å². The Labute approximate surface area is 115 Å². The monoisotopic (exact) mass is 333 g/mol. The summed E-state index contributed by atoms with van der Waals surface area (Å²) in [5.74, 6) is 0.820. The van der Waals surface area contributed by atoms with E-state index in [9.17, 15) is 0 Å². The van der Waals surface area contributed by atoms with Gasteiger partial charge >= 0.3 is 0 Å². The van der Waals surface area contributed by atoms with Gasteiger partial charge < -0.3 is 10.6 Å². The summed E-state index contributed by atoms with van der Waals surface area (Å²) in [5.41, 5.74) is 2.72. The highest BCUT2D eigenvalue weighted by molar-refractivity contribution is 14.0. The second kappa shape index (κ2) is 8.38. The molecule has 1 aromatic carbocycles. The zero-order valence-electron chi connectivity index (χ0n) is 10.1. The van der Waals surface area contributed by atoms with Crippen molar-refractivity contribution in [3.8, 4) is 0 Å². The normalized spacial score (nSPS) is 10.6. The molecular formula is C12H20IN3. The van der Waals surface area contributed by atoms with Crippen molar-refractivity contribution in [3.05, 3.63) is 35.4 Å². The van der Waals surface area contributed by atoms with E-state index in [-0.39, 0.29) is 24.0 Å². The van der Waals surface area contributed by atoms with E-state index in [2.05, 4.69) is 46.8 Å². The molecule has 0 heterocycles. The van der Waals surface area contributed by atoms with E-state index in [1.165, 1.54) is 11.1 Å². The van der Waals surface area contributed by atoms with Crippen LogP contribution in [0.15, 0.2) is 29.3 Å². The number of hydrogen-bond acceptors (Lipinski definition) is 1. The van der Waals surface area contributed by atoms with Crippen LogP contribution < -0.4 is 10.6 Å². The van der Waals surface area contributed by atoms with Gasteiger partial charge in [0.15, 0.2) is 5.96 Å². The smallest absolute Gasteiger partial charge is 0.190 e. The number of guanidine groups is 1. The Kier molecular flexibility index (Phi) is 7.97. The molecule has 4 heteroatoms. The molecule has 0 saturated heterocycles. The number of benzene rings is 1. The molecule has 0 amide bonds. The third kappa shape index (κ3) is 4.38. The van der Waals surface area contributed by atoms with E-state index in [0.29, 0.717) is 0 Å². The minimum absolute atomic E-state index is 0. The van der Waals surface area contributed by atoms with E-state index in [0.717, 1.165) is 18.9 Å². The first kappa shape index (κ1) is 15.2. The fourth-order valence-corrected chi connectivity index (χ4v) is 1.53. The summed E-state index contributed by atoms with van der Waals surface area (Å²) in [4.78, 5) is 4.07. The van der Waals surface area contributed by atoms with Crippen LogP contribution in [0.1, 0.15) is 18.1 Å². The zero-order chi connectivity index (χ0) is 11.1. The average molecular weight is 333 g/mol. The van der Waals surface area contributed by atoms with Crippen LogP contribution in [-0.2, 0) is 13.0 Å². The van der Waals surface area contributed by atoms with Gasteiger partial charge in [-0.3, -0.25) is 4.99 Å². The quantitative estimate of drug-likeness (QED) is 0.505. The maximum atomic E-state index is 4.07. The predicted molar refractivity (Wildman–Crippen MR) is 80.5 cm³/mol. The van der Waals surface area contributed by atoms with Crippen molar-refractivity contribution in [2.45, 2.75) is 19.9 Å².